The van der Waals surface area contributed by atoms with Crippen LogP contribution in [0.25, 0.3) is 0 Å². The summed E-state index contributed by atoms with van der Waals surface area (Å²) in [4.78, 5) is 15.4. The van der Waals surface area contributed by atoms with E-state index in [1.165, 1.54) is 6.20 Å². The molecule has 0 saturated heterocycles. The van der Waals surface area contributed by atoms with Gasteiger partial charge in [0.2, 0.25) is 5.91 Å². The van der Waals surface area contributed by atoms with Crippen molar-refractivity contribution in [2.24, 2.45) is 0 Å². The number of nitrogens with one attached hydrogen (secondary N) is 1. The Morgan fingerprint density at radius 1 is 1.62 bits per heavy atom. The quantitative estimate of drug-likeness (QED) is 0.660. The van der Waals surface area contributed by atoms with E-state index in [9.17, 15) is 9.90 Å². The third kappa shape index (κ3) is 4.27. The fourth-order valence-electron chi connectivity index (χ4n) is 1.14. The Morgan fingerprint density at radius 3 is 2.94 bits per heavy atom. The first-order valence-corrected chi connectivity index (χ1v) is 5.27. The Kier molecular flexibility index (Phi) is 4.72. The number of aromatic nitrogens is 1. The van der Waals surface area contributed by atoms with E-state index in [-0.39, 0.29) is 18.9 Å². The number of rotatable bonds is 5. The lowest BCUT2D eigenvalue weighted by Gasteiger charge is -2.09. The van der Waals surface area contributed by atoms with Gasteiger partial charge in [-0.2, -0.15) is 0 Å². The highest BCUT2D eigenvalue weighted by molar-refractivity contribution is 5.78. The Hall–Kier alpha value is -1.62. The number of hydrogen-bond donors (Lipinski definition) is 3. The van der Waals surface area contributed by atoms with Crippen molar-refractivity contribution in [1.82, 2.24) is 10.3 Å². The Balaban J connectivity index is 2.37. The summed E-state index contributed by atoms with van der Waals surface area (Å²) in [5.41, 5.74) is 6.72. The Bertz CT molecular complexity index is 338. The van der Waals surface area contributed by atoms with Crippen LogP contribution in [0.15, 0.2) is 18.3 Å². The van der Waals surface area contributed by atoms with E-state index in [2.05, 4.69) is 10.3 Å². The highest BCUT2D eigenvalue weighted by Crippen LogP contribution is 2.01. The second kappa shape index (κ2) is 6.07. The van der Waals surface area contributed by atoms with Gasteiger partial charge in [0, 0.05) is 12.2 Å². The highest BCUT2D eigenvalue weighted by Gasteiger charge is 2.06. The molecule has 88 valence electrons. The number of anilines is 1. The van der Waals surface area contributed by atoms with Crippen LogP contribution in [-0.2, 0) is 11.2 Å². The van der Waals surface area contributed by atoms with Gasteiger partial charge in [-0.05, 0) is 18.6 Å². The van der Waals surface area contributed by atoms with Crippen molar-refractivity contribution in [1.29, 1.82) is 0 Å². The van der Waals surface area contributed by atoms with Gasteiger partial charge in [-0.25, -0.2) is 0 Å². The van der Waals surface area contributed by atoms with Crippen molar-refractivity contribution in [2.45, 2.75) is 25.9 Å². The molecule has 0 fully saturated rings. The molecule has 0 aromatic carbocycles. The van der Waals surface area contributed by atoms with Crippen molar-refractivity contribution in [3.63, 3.8) is 0 Å². The van der Waals surface area contributed by atoms with E-state index < -0.39 is 6.10 Å². The van der Waals surface area contributed by atoms with Crippen LogP contribution in [0.1, 0.15) is 19.0 Å². The van der Waals surface area contributed by atoms with Gasteiger partial charge in [-0.15, -0.1) is 0 Å². The van der Waals surface area contributed by atoms with Gasteiger partial charge >= 0.3 is 0 Å². The van der Waals surface area contributed by atoms with E-state index >= 15 is 0 Å². The standard InChI is InChI=1S/C11H17N3O2/c1-2-10(15)7-14-11(16)5-9-4-3-8(12)6-13-9/h3-4,6,10,15H,2,5,7,12H2,1H3,(H,14,16). The second-order valence-corrected chi connectivity index (χ2v) is 3.63. The maximum absolute atomic E-state index is 11.4. The van der Waals surface area contributed by atoms with E-state index in [0.717, 1.165) is 0 Å². The number of nitrogens with two attached hydrogens (primary N) is 1. The molecule has 5 heteroatoms. The average molecular weight is 223 g/mol. The predicted octanol–water partition coefficient (Wildman–Crippen LogP) is 0.0934. The van der Waals surface area contributed by atoms with E-state index in [0.29, 0.717) is 17.8 Å². The molecule has 0 spiro atoms. The van der Waals surface area contributed by atoms with Crippen LogP contribution in [0, 0.1) is 0 Å². The molecule has 0 aliphatic heterocycles. The Morgan fingerprint density at radius 2 is 2.38 bits per heavy atom. The van der Waals surface area contributed by atoms with Crippen LogP contribution in [0.3, 0.4) is 0 Å². The van der Waals surface area contributed by atoms with Crippen LogP contribution in [0.5, 0.6) is 0 Å². The number of aliphatic hydroxyl groups is 1. The molecule has 0 saturated carbocycles. The van der Waals surface area contributed by atoms with Crippen LogP contribution >= 0.6 is 0 Å². The summed E-state index contributed by atoms with van der Waals surface area (Å²) < 4.78 is 0. The molecular weight excluding hydrogens is 206 g/mol. The van der Waals surface area contributed by atoms with Crippen molar-refractivity contribution in [2.75, 3.05) is 12.3 Å². The number of nitrogen functional groups attached to an aromatic ring is 1. The summed E-state index contributed by atoms with van der Waals surface area (Å²) in [6, 6.07) is 3.42. The molecular formula is C11H17N3O2. The SMILES string of the molecule is CCC(O)CNC(=O)Cc1ccc(N)cn1. The zero-order valence-corrected chi connectivity index (χ0v) is 9.31. The molecule has 1 heterocycles. The van der Waals surface area contributed by atoms with Gasteiger partial charge in [0.05, 0.1) is 24.4 Å². The monoisotopic (exact) mass is 223 g/mol. The minimum absolute atomic E-state index is 0.148. The lowest BCUT2D eigenvalue weighted by molar-refractivity contribution is -0.120. The first-order valence-electron chi connectivity index (χ1n) is 5.27. The molecule has 0 bridgehead atoms. The molecule has 1 unspecified atom stereocenters. The van der Waals surface area contributed by atoms with Gasteiger partial charge < -0.3 is 16.2 Å². The number of amides is 1. The molecule has 4 N–H and O–H groups in total. The maximum Gasteiger partial charge on any atom is 0.226 e. The zero-order chi connectivity index (χ0) is 12.0. The zero-order valence-electron chi connectivity index (χ0n) is 9.31. The lowest BCUT2D eigenvalue weighted by Crippen LogP contribution is -2.32. The molecule has 1 rings (SSSR count). The van der Waals surface area contributed by atoms with Crippen LogP contribution < -0.4 is 11.1 Å². The Labute approximate surface area is 94.7 Å². The normalized spacial score (nSPS) is 12.1. The molecule has 1 aromatic heterocycles. The molecule has 1 atom stereocenters. The number of hydrogen-bond acceptors (Lipinski definition) is 4. The lowest BCUT2D eigenvalue weighted by atomic mass is 10.2. The van der Waals surface area contributed by atoms with Crippen molar-refractivity contribution < 1.29 is 9.90 Å². The summed E-state index contributed by atoms with van der Waals surface area (Å²) in [7, 11) is 0. The van der Waals surface area contributed by atoms with Gasteiger partial charge in [-0.1, -0.05) is 6.92 Å². The fraction of sp³-hybridized carbons (Fsp3) is 0.455. The van der Waals surface area contributed by atoms with Gasteiger partial charge in [0.25, 0.3) is 0 Å². The van der Waals surface area contributed by atoms with Gasteiger partial charge in [0.1, 0.15) is 0 Å². The number of nitrogens with zero attached hydrogens (tertiary/aromatic N) is 1. The molecule has 0 aliphatic carbocycles. The predicted molar refractivity (Wildman–Crippen MR) is 61.7 cm³/mol. The van der Waals surface area contributed by atoms with Crippen LogP contribution in [0.2, 0.25) is 0 Å². The first-order chi connectivity index (χ1) is 7.61. The summed E-state index contributed by atoms with van der Waals surface area (Å²) in [6.07, 6.45) is 1.86. The molecule has 1 amide bonds. The first kappa shape index (κ1) is 12.4. The fourth-order valence-corrected chi connectivity index (χ4v) is 1.14. The van der Waals surface area contributed by atoms with Crippen molar-refractivity contribution in [3.05, 3.63) is 24.0 Å². The highest BCUT2D eigenvalue weighted by atomic mass is 16.3. The third-order valence-corrected chi connectivity index (χ3v) is 2.20. The van der Waals surface area contributed by atoms with Crippen molar-refractivity contribution in [3.8, 4) is 0 Å². The number of aliphatic hydroxyl groups excluding tert-OH is 1. The van der Waals surface area contributed by atoms with Crippen molar-refractivity contribution >= 4 is 11.6 Å². The van der Waals surface area contributed by atoms with E-state index in [1.807, 2.05) is 6.92 Å². The topological polar surface area (TPSA) is 88.2 Å². The third-order valence-electron chi connectivity index (χ3n) is 2.20. The minimum Gasteiger partial charge on any atom is -0.397 e. The van der Waals surface area contributed by atoms with Crippen LogP contribution in [-0.4, -0.2) is 28.6 Å². The average Bonchev–Trinajstić information content (AvgIpc) is 2.29. The largest absolute Gasteiger partial charge is 0.397 e. The molecule has 0 aliphatic rings. The summed E-state index contributed by atoms with van der Waals surface area (Å²) in [5.74, 6) is -0.148. The summed E-state index contributed by atoms with van der Waals surface area (Å²) >= 11 is 0. The molecule has 5 nitrogen and oxygen atoms in total. The van der Waals surface area contributed by atoms with E-state index in [4.69, 9.17) is 5.73 Å². The number of pyridine rings is 1. The maximum atomic E-state index is 11.4. The number of carbonyl (C=O) groups excluding carboxylic acids is 1. The van der Waals surface area contributed by atoms with Gasteiger partial charge in [-0.3, -0.25) is 9.78 Å². The molecule has 1 aromatic rings. The number of carbonyl (C=O) groups is 1. The van der Waals surface area contributed by atoms with Gasteiger partial charge in [0.15, 0.2) is 0 Å². The molecule has 16 heavy (non-hydrogen) atoms. The minimum atomic E-state index is -0.483. The molecule has 0 radical (unpaired) electrons. The summed E-state index contributed by atoms with van der Waals surface area (Å²) in [6.45, 7) is 2.14. The summed E-state index contributed by atoms with van der Waals surface area (Å²) in [5, 5.41) is 11.9. The smallest absolute Gasteiger partial charge is 0.226 e. The van der Waals surface area contributed by atoms with Crippen LogP contribution in [0.4, 0.5) is 5.69 Å². The van der Waals surface area contributed by atoms with E-state index in [1.54, 1.807) is 12.1 Å². The second-order valence-electron chi connectivity index (χ2n) is 3.63.